The maximum absolute atomic E-state index is 4.84. The van der Waals surface area contributed by atoms with Crippen molar-refractivity contribution in [1.82, 2.24) is 15.3 Å². The minimum absolute atomic E-state index is 0.424. The minimum Gasteiger partial charge on any atom is -0.362 e. The largest absolute Gasteiger partial charge is 0.362 e. The van der Waals surface area contributed by atoms with Crippen LogP contribution in [0.15, 0.2) is 60.2 Å². The van der Waals surface area contributed by atoms with Gasteiger partial charge in [-0.1, -0.05) is 80.3 Å². The minimum atomic E-state index is 0.424. The molecule has 2 N–H and O–H groups in total. The normalized spacial score (nSPS) is 18.4. The number of aromatic nitrogens is 2. The average molecular weight is 486 g/mol. The molecule has 1 heterocycles. The third-order valence-electron chi connectivity index (χ3n) is 7.21. The van der Waals surface area contributed by atoms with Gasteiger partial charge in [-0.3, -0.25) is 0 Å². The number of benzene rings is 2. The van der Waals surface area contributed by atoms with Crippen LogP contribution in [0.3, 0.4) is 0 Å². The van der Waals surface area contributed by atoms with Gasteiger partial charge in [0.25, 0.3) is 0 Å². The van der Waals surface area contributed by atoms with E-state index in [9.17, 15) is 0 Å². The summed E-state index contributed by atoms with van der Waals surface area (Å²) in [4.78, 5) is 11.7. The van der Waals surface area contributed by atoms with Gasteiger partial charge in [0.15, 0.2) is 0 Å². The highest BCUT2D eigenvalue weighted by Gasteiger charge is 2.22. The molecule has 5 heteroatoms. The van der Waals surface area contributed by atoms with E-state index in [-0.39, 0.29) is 0 Å². The number of anilines is 2. The number of fused-ring (bicyclic) bond motifs is 1. The van der Waals surface area contributed by atoms with E-state index < -0.39 is 0 Å². The highest BCUT2D eigenvalue weighted by atomic mass is 15.2. The molecule has 2 aromatic carbocycles. The zero-order valence-corrected chi connectivity index (χ0v) is 22.3. The Morgan fingerprint density at radius 2 is 1.61 bits per heavy atom. The molecular weight excluding hydrogens is 442 g/mol. The predicted molar refractivity (Wildman–Crippen MR) is 155 cm³/mol. The van der Waals surface area contributed by atoms with Crippen molar-refractivity contribution < 1.29 is 0 Å². The topological polar surface area (TPSA) is 53.1 Å². The average Bonchev–Trinajstić information content (AvgIpc) is 2.90. The van der Waals surface area contributed by atoms with E-state index in [1.54, 1.807) is 0 Å². The highest BCUT2D eigenvalue weighted by Crippen LogP contribution is 2.26. The third kappa shape index (κ3) is 7.54. The van der Waals surface area contributed by atoms with Gasteiger partial charge >= 0.3 is 0 Å². The van der Waals surface area contributed by atoms with Crippen molar-refractivity contribution >= 4 is 28.7 Å². The molecule has 1 aliphatic carbocycles. The summed E-state index contributed by atoms with van der Waals surface area (Å²) in [5, 5.41) is 8.61. The molecule has 0 bridgehead atoms. The van der Waals surface area contributed by atoms with Gasteiger partial charge in [0.05, 0.1) is 5.52 Å². The number of rotatable bonds is 12. The van der Waals surface area contributed by atoms with E-state index in [0.717, 1.165) is 42.1 Å². The lowest BCUT2D eigenvalue weighted by Gasteiger charge is -2.30. The van der Waals surface area contributed by atoms with Crippen molar-refractivity contribution in [2.75, 3.05) is 30.9 Å². The van der Waals surface area contributed by atoms with Crippen molar-refractivity contribution in [3.05, 3.63) is 65.7 Å². The van der Waals surface area contributed by atoms with Crippen LogP contribution in [0.5, 0.6) is 0 Å². The number of hydrogen-bond acceptors (Lipinski definition) is 5. The van der Waals surface area contributed by atoms with Crippen LogP contribution in [0.4, 0.5) is 11.8 Å². The maximum atomic E-state index is 4.84. The van der Waals surface area contributed by atoms with Gasteiger partial charge in [0.1, 0.15) is 5.82 Å². The van der Waals surface area contributed by atoms with E-state index in [0.29, 0.717) is 12.1 Å². The molecule has 192 valence electrons. The Morgan fingerprint density at radius 3 is 2.36 bits per heavy atom. The molecule has 5 nitrogen and oxygen atoms in total. The molecule has 0 atom stereocenters. The van der Waals surface area contributed by atoms with Gasteiger partial charge in [-0.2, -0.15) is 4.98 Å². The zero-order chi connectivity index (χ0) is 25.2. The Bertz CT molecular complexity index is 1100. The highest BCUT2D eigenvalue weighted by molar-refractivity contribution is 5.90. The number of nitrogens with zero attached hydrogens (tertiary/aromatic N) is 3. The molecule has 1 aromatic heterocycles. The van der Waals surface area contributed by atoms with Gasteiger partial charge in [0, 0.05) is 38.1 Å². The zero-order valence-electron chi connectivity index (χ0n) is 22.3. The lowest BCUT2D eigenvalue weighted by Crippen LogP contribution is -2.38. The van der Waals surface area contributed by atoms with E-state index in [1.165, 1.54) is 56.1 Å². The lowest BCUT2D eigenvalue weighted by atomic mass is 9.91. The summed E-state index contributed by atoms with van der Waals surface area (Å²) in [6.07, 6.45) is 13.4. The Kier molecular flexibility index (Phi) is 9.74. The number of unbranched alkanes of at least 4 members (excludes halogenated alkanes) is 3. The summed E-state index contributed by atoms with van der Waals surface area (Å²) in [5.41, 5.74) is 3.83. The molecule has 1 aliphatic rings. The van der Waals surface area contributed by atoms with E-state index in [4.69, 9.17) is 9.97 Å². The number of para-hydroxylation sites is 1. The van der Waals surface area contributed by atoms with Crippen molar-refractivity contribution in [2.24, 2.45) is 0 Å². The first kappa shape index (κ1) is 26.2. The van der Waals surface area contributed by atoms with E-state index in [2.05, 4.69) is 71.0 Å². The molecule has 36 heavy (non-hydrogen) atoms. The summed E-state index contributed by atoms with van der Waals surface area (Å²) in [5.74, 6) is 1.71. The van der Waals surface area contributed by atoms with Crippen LogP contribution in [0.25, 0.3) is 17.0 Å². The number of hydrogen-bond donors (Lipinski definition) is 2. The summed E-state index contributed by atoms with van der Waals surface area (Å²) in [7, 11) is 4.08. The molecular formula is C31H43N5. The molecule has 0 amide bonds. The molecule has 0 spiro atoms. The fraction of sp³-hybridized carbons (Fsp3) is 0.484. The summed E-state index contributed by atoms with van der Waals surface area (Å²) < 4.78 is 0. The number of nitrogens with one attached hydrogen (secondary N) is 2. The SMILES string of the molecule is CCCCCC/C(=C\c1ccccc1)CN[C@H]1CC[C@@H](Nc2nc(N(C)C)c3ccccc3n2)CC1. The maximum Gasteiger partial charge on any atom is 0.225 e. The first-order valence-corrected chi connectivity index (χ1v) is 13.8. The van der Waals surface area contributed by atoms with Crippen molar-refractivity contribution in [3.8, 4) is 0 Å². The first-order chi connectivity index (χ1) is 17.6. The van der Waals surface area contributed by atoms with Gasteiger partial charge in [-0.25, -0.2) is 4.98 Å². The quantitative estimate of drug-likeness (QED) is 0.269. The molecule has 0 radical (unpaired) electrons. The second-order valence-electron chi connectivity index (χ2n) is 10.4. The summed E-state index contributed by atoms with van der Waals surface area (Å²) in [6, 6.07) is 20.0. The van der Waals surface area contributed by atoms with Crippen LogP contribution in [-0.4, -0.2) is 42.7 Å². The van der Waals surface area contributed by atoms with Crippen LogP contribution in [0.1, 0.15) is 70.3 Å². The lowest BCUT2D eigenvalue weighted by molar-refractivity contribution is 0.360. The van der Waals surface area contributed by atoms with Crippen LogP contribution in [0, 0.1) is 0 Å². The molecule has 0 aliphatic heterocycles. The summed E-state index contributed by atoms with van der Waals surface area (Å²) in [6.45, 7) is 3.27. The first-order valence-electron chi connectivity index (χ1n) is 13.8. The van der Waals surface area contributed by atoms with Crippen LogP contribution >= 0.6 is 0 Å². The molecule has 1 fully saturated rings. The fourth-order valence-corrected chi connectivity index (χ4v) is 5.14. The van der Waals surface area contributed by atoms with Gasteiger partial charge < -0.3 is 15.5 Å². The standard InChI is InChI=1S/C31H43N5/c1-4-5-6-8-15-25(22-24-13-9-7-10-14-24)23-32-26-18-20-27(21-19-26)33-31-34-29-17-12-11-16-28(29)30(35-31)36(2)3/h7,9-14,16-17,22,26-27,32H,4-6,8,15,18-21,23H2,1-3H3,(H,33,34,35)/b25-22+/t26-,27+. The van der Waals surface area contributed by atoms with Crippen LogP contribution in [0.2, 0.25) is 0 Å². The van der Waals surface area contributed by atoms with Crippen LogP contribution in [-0.2, 0) is 0 Å². The Morgan fingerprint density at radius 1 is 0.889 bits per heavy atom. The predicted octanol–water partition coefficient (Wildman–Crippen LogP) is 7.06. The molecule has 0 unspecified atom stereocenters. The van der Waals surface area contributed by atoms with Gasteiger partial charge in [-0.15, -0.1) is 0 Å². The molecule has 1 saturated carbocycles. The van der Waals surface area contributed by atoms with Gasteiger partial charge in [-0.05, 0) is 56.2 Å². The Balaban J connectivity index is 1.31. The van der Waals surface area contributed by atoms with Crippen molar-refractivity contribution in [3.63, 3.8) is 0 Å². The Labute approximate surface area is 217 Å². The summed E-state index contributed by atoms with van der Waals surface area (Å²) >= 11 is 0. The third-order valence-corrected chi connectivity index (χ3v) is 7.21. The fourth-order valence-electron chi connectivity index (χ4n) is 5.14. The smallest absolute Gasteiger partial charge is 0.225 e. The molecule has 4 rings (SSSR count). The second kappa shape index (κ2) is 13.4. The van der Waals surface area contributed by atoms with Crippen LogP contribution < -0.4 is 15.5 Å². The van der Waals surface area contributed by atoms with Gasteiger partial charge in [0.2, 0.25) is 5.95 Å². The second-order valence-corrected chi connectivity index (χ2v) is 10.4. The van der Waals surface area contributed by atoms with Crippen molar-refractivity contribution in [1.29, 1.82) is 0 Å². The molecule has 0 saturated heterocycles. The van der Waals surface area contributed by atoms with E-state index >= 15 is 0 Å². The Hall–Kier alpha value is -2.92. The van der Waals surface area contributed by atoms with E-state index in [1.807, 2.05) is 26.2 Å². The molecule has 3 aromatic rings. The monoisotopic (exact) mass is 485 g/mol. The van der Waals surface area contributed by atoms with Crippen molar-refractivity contribution in [2.45, 2.75) is 76.8 Å².